The van der Waals surface area contributed by atoms with E-state index in [-0.39, 0.29) is 11.4 Å². The Balaban J connectivity index is 1.69. The van der Waals surface area contributed by atoms with Crippen LogP contribution in [0.25, 0.3) is 0 Å². The number of alkyl halides is 3. The lowest BCUT2D eigenvalue weighted by molar-refractivity contribution is -0.274. The van der Waals surface area contributed by atoms with Crippen molar-refractivity contribution in [2.45, 2.75) is 56.4 Å². The quantitative estimate of drug-likeness (QED) is 0.781. The summed E-state index contributed by atoms with van der Waals surface area (Å²) in [7, 11) is 0. The molecule has 1 unspecified atom stereocenters. The Morgan fingerprint density at radius 3 is 2.38 bits per heavy atom. The van der Waals surface area contributed by atoms with Crippen molar-refractivity contribution in [3.8, 4) is 5.75 Å². The van der Waals surface area contributed by atoms with Crippen LogP contribution in [0.3, 0.4) is 0 Å². The van der Waals surface area contributed by atoms with Crippen molar-refractivity contribution in [2.24, 2.45) is 0 Å². The SMILES string of the molecule is FC(F)(F)Oc1ccc(C2CCOC3(CCCC3)C2)cc1. The van der Waals surface area contributed by atoms with E-state index in [0.29, 0.717) is 5.92 Å². The number of halogens is 3. The molecule has 2 fully saturated rings. The van der Waals surface area contributed by atoms with Gasteiger partial charge in [-0.15, -0.1) is 13.2 Å². The van der Waals surface area contributed by atoms with Crippen molar-refractivity contribution < 1.29 is 22.6 Å². The van der Waals surface area contributed by atoms with Crippen molar-refractivity contribution in [3.63, 3.8) is 0 Å². The molecule has 3 rings (SSSR count). The average molecular weight is 300 g/mol. The van der Waals surface area contributed by atoms with Crippen molar-refractivity contribution in [3.05, 3.63) is 29.8 Å². The molecule has 0 amide bonds. The second-order valence-electron chi connectivity index (χ2n) is 6.05. The van der Waals surface area contributed by atoms with Gasteiger partial charge in [-0.2, -0.15) is 0 Å². The lowest BCUT2D eigenvalue weighted by Gasteiger charge is -2.38. The van der Waals surface area contributed by atoms with Crippen LogP contribution in [0.1, 0.15) is 50.0 Å². The van der Waals surface area contributed by atoms with E-state index in [1.165, 1.54) is 25.0 Å². The monoisotopic (exact) mass is 300 g/mol. The molecule has 1 aliphatic carbocycles. The van der Waals surface area contributed by atoms with Gasteiger partial charge in [-0.3, -0.25) is 0 Å². The average Bonchev–Trinajstić information content (AvgIpc) is 2.86. The van der Waals surface area contributed by atoms with Gasteiger partial charge in [-0.05, 0) is 49.3 Å². The van der Waals surface area contributed by atoms with Crippen LogP contribution < -0.4 is 4.74 Å². The molecule has 1 saturated carbocycles. The molecule has 1 spiro atoms. The second-order valence-corrected chi connectivity index (χ2v) is 6.05. The van der Waals surface area contributed by atoms with Gasteiger partial charge < -0.3 is 9.47 Å². The minimum Gasteiger partial charge on any atom is -0.406 e. The third-order valence-corrected chi connectivity index (χ3v) is 4.59. The van der Waals surface area contributed by atoms with Crippen LogP contribution in [0.5, 0.6) is 5.75 Å². The molecular weight excluding hydrogens is 281 g/mol. The summed E-state index contributed by atoms with van der Waals surface area (Å²) in [5, 5.41) is 0. The zero-order valence-corrected chi connectivity index (χ0v) is 11.8. The van der Waals surface area contributed by atoms with Crippen LogP contribution in [-0.2, 0) is 4.74 Å². The van der Waals surface area contributed by atoms with E-state index in [9.17, 15) is 13.2 Å². The predicted octanol–water partition coefficient (Wildman–Crippen LogP) is 4.79. The molecule has 5 heteroatoms. The Labute approximate surface area is 122 Å². The summed E-state index contributed by atoms with van der Waals surface area (Å²) in [6.45, 7) is 0.742. The molecule has 0 radical (unpaired) electrons. The summed E-state index contributed by atoms with van der Waals surface area (Å²) in [4.78, 5) is 0. The molecule has 116 valence electrons. The lowest BCUT2D eigenvalue weighted by atomic mass is 9.81. The van der Waals surface area contributed by atoms with Gasteiger partial charge in [-0.25, -0.2) is 0 Å². The van der Waals surface area contributed by atoms with Gasteiger partial charge in [-0.1, -0.05) is 25.0 Å². The molecule has 21 heavy (non-hydrogen) atoms. The predicted molar refractivity (Wildman–Crippen MR) is 72.3 cm³/mol. The topological polar surface area (TPSA) is 18.5 Å². The Hall–Kier alpha value is -1.23. The molecule has 1 aliphatic heterocycles. The maximum absolute atomic E-state index is 12.2. The maximum atomic E-state index is 12.2. The van der Waals surface area contributed by atoms with Crippen molar-refractivity contribution >= 4 is 0 Å². The standard InChI is InChI=1S/C16H19F3O2/c17-16(18,19)21-14-5-3-12(4-6-14)13-7-10-20-15(11-13)8-1-2-9-15/h3-6,13H,1-2,7-11H2. The normalized spacial score (nSPS) is 25.2. The highest BCUT2D eigenvalue weighted by Crippen LogP contribution is 2.45. The van der Waals surface area contributed by atoms with Gasteiger partial charge >= 0.3 is 6.36 Å². The fourth-order valence-electron chi connectivity index (χ4n) is 3.62. The molecule has 1 aromatic rings. The van der Waals surface area contributed by atoms with E-state index in [4.69, 9.17) is 4.74 Å². The number of hydrogen-bond donors (Lipinski definition) is 0. The first-order valence-corrected chi connectivity index (χ1v) is 7.46. The third kappa shape index (κ3) is 3.51. The minimum absolute atomic E-state index is 0.0179. The molecular formula is C16H19F3O2. The fourth-order valence-corrected chi connectivity index (χ4v) is 3.62. The smallest absolute Gasteiger partial charge is 0.406 e. The van der Waals surface area contributed by atoms with Crippen LogP contribution in [-0.4, -0.2) is 18.6 Å². The van der Waals surface area contributed by atoms with E-state index in [1.54, 1.807) is 12.1 Å². The van der Waals surface area contributed by atoms with Crippen LogP contribution in [0.2, 0.25) is 0 Å². The van der Waals surface area contributed by atoms with Crippen molar-refractivity contribution in [1.82, 2.24) is 0 Å². The lowest BCUT2D eigenvalue weighted by Crippen LogP contribution is -2.36. The Kier molecular flexibility index (Phi) is 3.86. The fraction of sp³-hybridized carbons (Fsp3) is 0.625. The first kappa shape index (κ1) is 14.7. The molecule has 1 saturated heterocycles. The van der Waals surface area contributed by atoms with Gasteiger partial charge in [0, 0.05) is 6.61 Å². The van der Waals surface area contributed by atoms with Gasteiger partial charge in [0.15, 0.2) is 0 Å². The van der Waals surface area contributed by atoms with E-state index in [1.807, 2.05) is 0 Å². The highest BCUT2D eigenvalue weighted by molar-refractivity contribution is 5.30. The molecule has 0 N–H and O–H groups in total. The summed E-state index contributed by atoms with van der Waals surface area (Å²) in [6, 6.07) is 6.30. The van der Waals surface area contributed by atoms with Crippen molar-refractivity contribution in [2.75, 3.05) is 6.61 Å². The maximum Gasteiger partial charge on any atom is 0.573 e. The van der Waals surface area contributed by atoms with E-state index >= 15 is 0 Å². The minimum atomic E-state index is -4.63. The Morgan fingerprint density at radius 2 is 1.76 bits per heavy atom. The van der Waals surface area contributed by atoms with Gasteiger partial charge in [0.2, 0.25) is 0 Å². The zero-order chi connectivity index (χ0) is 14.9. The van der Waals surface area contributed by atoms with Gasteiger partial charge in [0.1, 0.15) is 5.75 Å². The summed E-state index contributed by atoms with van der Waals surface area (Å²) in [5.74, 6) is 0.214. The number of rotatable bonds is 2. The van der Waals surface area contributed by atoms with E-state index in [0.717, 1.165) is 37.9 Å². The van der Waals surface area contributed by atoms with Crippen LogP contribution in [0.4, 0.5) is 13.2 Å². The molecule has 2 aliphatic rings. The largest absolute Gasteiger partial charge is 0.573 e. The van der Waals surface area contributed by atoms with Crippen molar-refractivity contribution in [1.29, 1.82) is 0 Å². The second kappa shape index (κ2) is 5.52. The van der Waals surface area contributed by atoms with Crippen LogP contribution >= 0.6 is 0 Å². The van der Waals surface area contributed by atoms with Crippen LogP contribution in [0.15, 0.2) is 24.3 Å². The molecule has 1 heterocycles. The summed E-state index contributed by atoms with van der Waals surface area (Å²) >= 11 is 0. The Morgan fingerprint density at radius 1 is 1.10 bits per heavy atom. The molecule has 2 nitrogen and oxygen atoms in total. The third-order valence-electron chi connectivity index (χ3n) is 4.59. The highest BCUT2D eigenvalue weighted by Gasteiger charge is 2.40. The van der Waals surface area contributed by atoms with Crippen LogP contribution in [0, 0.1) is 0 Å². The Bertz CT molecular complexity index is 475. The molecule has 0 bridgehead atoms. The van der Waals surface area contributed by atoms with Gasteiger partial charge in [0.25, 0.3) is 0 Å². The highest BCUT2D eigenvalue weighted by atomic mass is 19.4. The number of ether oxygens (including phenoxy) is 2. The molecule has 1 aromatic carbocycles. The first-order chi connectivity index (χ1) is 9.96. The summed E-state index contributed by atoms with van der Waals surface area (Å²) in [5.41, 5.74) is 1.10. The molecule has 0 aromatic heterocycles. The number of hydrogen-bond acceptors (Lipinski definition) is 2. The van der Waals surface area contributed by atoms with E-state index < -0.39 is 6.36 Å². The zero-order valence-electron chi connectivity index (χ0n) is 11.8. The van der Waals surface area contributed by atoms with Gasteiger partial charge in [0.05, 0.1) is 5.60 Å². The van der Waals surface area contributed by atoms with E-state index in [2.05, 4.69) is 4.74 Å². The summed E-state index contributed by atoms with van der Waals surface area (Å²) < 4.78 is 46.4. The number of benzene rings is 1. The summed E-state index contributed by atoms with van der Waals surface area (Å²) in [6.07, 6.45) is 1.93. The molecule has 1 atom stereocenters. The first-order valence-electron chi connectivity index (χ1n) is 7.46.